The minimum absolute atomic E-state index is 0.0998. The highest BCUT2D eigenvalue weighted by atomic mass is 35.5. The molecular weight excluding hydrogens is 318 g/mol. The third-order valence-electron chi connectivity index (χ3n) is 4.80. The Balaban J connectivity index is 1.68. The summed E-state index contributed by atoms with van der Waals surface area (Å²) in [6, 6.07) is 7.08. The number of hydrogen-bond acceptors (Lipinski definition) is 4. The first kappa shape index (κ1) is 14.7. The summed E-state index contributed by atoms with van der Waals surface area (Å²) >= 11 is 5.91. The Kier molecular flexibility index (Phi) is 3.25. The van der Waals surface area contributed by atoms with Crippen LogP contribution in [0.5, 0.6) is 0 Å². The molecule has 0 aliphatic carbocycles. The first-order valence-corrected chi connectivity index (χ1v) is 8.04. The van der Waals surface area contributed by atoms with Gasteiger partial charge in [0.2, 0.25) is 5.91 Å². The van der Waals surface area contributed by atoms with E-state index in [0.29, 0.717) is 18.2 Å². The van der Waals surface area contributed by atoms with E-state index >= 15 is 0 Å². The van der Waals surface area contributed by atoms with Crippen LogP contribution in [-0.2, 0) is 19.1 Å². The highest BCUT2D eigenvalue weighted by molar-refractivity contribution is 6.30. The first-order valence-electron chi connectivity index (χ1n) is 7.66. The van der Waals surface area contributed by atoms with Gasteiger partial charge in [-0.1, -0.05) is 23.8 Å². The van der Waals surface area contributed by atoms with E-state index in [9.17, 15) is 9.59 Å². The van der Waals surface area contributed by atoms with Crippen LogP contribution in [0.3, 0.4) is 0 Å². The van der Waals surface area contributed by atoms with Gasteiger partial charge in [-0.25, -0.2) is 0 Å². The summed E-state index contributed by atoms with van der Waals surface area (Å²) in [5.74, 6) is -1.55. The zero-order chi connectivity index (χ0) is 16.2. The van der Waals surface area contributed by atoms with Gasteiger partial charge in [0.05, 0.1) is 25.2 Å². The van der Waals surface area contributed by atoms with Crippen LogP contribution in [0.15, 0.2) is 36.4 Å². The Morgan fingerprint density at radius 1 is 1.43 bits per heavy atom. The maximum absolute atomic E-state index is 12.9. The molecule has 0 unspecified atom stereocenters. The summed E-state index contributed by atoms with van der Waals surface area (Å²) < 4.78 is 11.2. The molecule has 3 heterocycles. The molecule has 0 radical (unpaired) electrons. The second kappa shape index (κ2) is 5.08. The standard InChI is InChI=1S/C17H16ClNO4/c1-2-22-16(21)13-12-7-8-17(23-12)9-19(15(20)14(13)17)11-5-3-10(18)4-6-11/h3-8,12-14H,2,9H2,1H3/t12-,13+,14-,17+/m1/s1. The smallest absolute Gasteiger partial charge is 0.312 e. The van der Waals surface area contributed by atoms with Gasteiger partial charge in [0.25, 0.3) is 0 Å². The molecule has 3 aliphatic rings. The van der Waals surface area contributed by atoms with Gasteiger partial charge in [-0.3, -0.25) is 9.59 Å². The number of carbonyl (C=O) groups excluding carboxylic acids is 2. The van der Waals surface area contributed by atoms with Crippen molar-refractivity contribution in [3.05, 3.63) is 41.4 Å². The van der Waals surface area contributed by atoms with E-state index in [4.69, 9.17) is 21.1 Å². The summed E-state index contributed by atoms with van der Waals surface area (Å²) in [5, 5.41) is 0.611. The Labute approximate surface area is 138 Å². The molecule has 0 N–H and O–H groups in total. The maximum atomic E-state index is 12.9. The Morgan fingerprint density at radius 3 is 2.87 bits per heavy atom. The van der Waals surface area contributed by atoms with Gasteiger partial charge < -0.3 is 14.4 Å². The lowest BCUT2D eigenvalue weighted by molar-refractivity contribution is -0.151. The Hall–Kier alpha value is -1.85. The van der Waals surface area contributed by atoms with Crippen molar-refractivity contribution in [2.75, 3.05) is 18.1 Å². The highest BCUT2D eigenvalue weighted by Crippen LogP contribution is 2.52. The van der Waals surface area contributed by atoms with Gasteiger partial charge in [-0.15, -0.1) is 0 Å². The number of fused-ring (bicyclic) bond motifs is 1. The van der Waals surface area contributed by atoms with E-state index in [2.05, 4.69) is 0 Å². The molecule has 4 atom stereocenters. The molecule has 4 rings (SSSR count). The van der Waals surface area contributed by atoms with Crippen LogP contribution < -0.4 is 4.90 Å². The summed E-state index contributed by atoms with van der Waals surface area (Å²) in [5.41, 5.74) is 0.0324. The van der Waals surface area contributed by atoms with Crippen LogP contribution in [0, 0.1) is 11.8 Å². The average Bonchev–Trinajstić information content (AvgIpc) is 3.17. The van der Waals surface area contributed by atoms with Crippen LogP contribution in [0.25, 0.3) is 0 Å². The molecule has 0 saturated carbocycles. The lowest BCUT2D eigenvalue weighted by Crippen LogP contribution is -2.40. The topological polar surface area (TPSA) is 55.8 Å². The van der Waals surface area contributed by atoms with Gasteiger partial charge in [0, 0.05) is 10.7 Å². The van der Waals surface area contributed by atoms with Crippen LogP contribution in [-0.4, -0.2) is 36.7 Å². The molecule has 1 aromatic rings. The molecule has 6 heteroatoms. The number of benzene rings is 1. The van der Waals surface area contributed by atoms with E-state index in [1.165, 1.54) is 0 Å². The summed E-state index contributed by atoms with van der Waals surface area (Å²) in [6.07, 6.45) is 3.43. The number of halogens is 1. The number of nitrogens with zero attached hydrogens (tertiary/aromatic N) is 1. The number of ether oxygens (including phenoxy) is 2. The number of esters is 1. The van der Waals surface area contributed by atoms with Crippen LogP contribution in [0.4, 0.5) is 5.69 Å². The van der Waals surface area contributed by atoms with E-state index in [-0.39, 0.29) is 18.0 Å². The minimum atomic E-state index is -0.723. The van der Waals surface area contributed by atoms with Crippen molar-refractivity contribution in [3.8, 4) is 0 Å². The number of amides is 1. The van der Waals surface area contributed by atoms with Crippen molar-refractivity contribution in [2.24, 2.45) is 11.8 Å². The van der Waals surface area contributed by atoms with Gasteiger partial charge in [0.15, 0.2) is 0 Å². The van der Waals surface area contributed by atoms with Crippen molar-refractivity contribution in [2.45, 2.75) is 18.6 Å². The normalized spacial score (nSPS) is 34.1. The highest BCUT2D eigenvalue weighted by Gasteiger charge is 2.67. The number of hydrogen-bond donors (Lipinski definition) is 0. The monoisotopic (exact) mass is 333 g/mol. The Bertz CT molecular complexity index is 701. The summed E-state index contributed by atoms with van der Waals surface area (Å²) in [6.45, 7) is 2.45. The molecule has 2 bridgehead atoms. The molecule has 120 valence electrons. The zero-order valence-electron chi connectivity index (χ0n) is 12.6. The number of anilines is 1. The molecule has 3 aliphatic heterocycles. The SMILES string of the molecule is CCOC(=O)[C@H]1[C@H]2C=C[C@@]3(CN(c4ccc(Cl)cc4)C(=O)[C@@H]13)O2. The molecule has 1 aromatic carbocycles. The van der Waals surface area contributed by atoms with Gasteiger partial charge in [-0.05, 0) is 31.2 Å². The lowest BCUT2D eigenvalue weighted by atomic mass is 9.77. The fraction of sp³-hybridized carbons (Fsp3) is 0.412. The van der Waals surface area contributed by atoms with Crippen LogP contribution in [0.2, 0.25) is 5.02 Å². The van der Waals surface area contributed by atoms with Gasteiger partial charge in [0.1, 0.15) is 11.5 Å². The second-order valence-corrected chi connectivity index (χ2v) is 6.49. The molecule has 2 saturated heterocycles. The van der Waals surface area contributed by atoms with Gasteiger partial charge >= 0.3 is 5.97 Å². The molecular formula is C17H16ClNO4. The molecule has 5 nitrogen and oxygen atoms in total. The van der Waals surface area contributed by atoms with Crippen molar-refractivity contribution in [3.63, 3.8) is 0 Å². The molecule has 0 aromatic heterocycles. The minimum Gasteiger partial charge on any atom is -0.466 e. The molecule has 2 fully saturated rings. The average molecular weight is 334 g/mol. The van der Waals surface area contributed by atoms with Crippen LogP contribution in [0.1, 0.15) is 6.92 Å². The van der Waals surface area contributed by atoms with Crippen molar-refractivity contribution >= 4 is 29.2 Å². The summed E-state index contributed by atoms with van der Waals surface area (Å²) in [7, 11) is 0. The van der Waals surface area contributed by atoms with Crippen molar-refractivity contribution < 1.29 is 19.1 Å². The Morgan fingerprint density at radius 2 is 2.17 bits per heavy atom. The molecule has 23 heavy (non-hydrogen) atoms. The maximum Gasteiger partial charge on any atom is 0.312 e. The van der Waals surface area contributed by atoms with E-state index < -0.39 is 17.4 Å². The van der Waals surface area contributed by atoms with Crippen molar-refractivity contribution in [1.82, 2.24) is 0 Å². The van der Waals surface area contributed by atoms with E-state index in [0.717, 1.165) is 5.69 Å². The third-order valence-corrected chi connectivity index (χ3v) is 5.05. The van der Waals surface area contributed by atoms with E-state index in [1.54, 1.807) is 36.1 Å². The zero-order valence-corrected chi connectivity index (χ0v) is 13.3. The summed E-state index contributed by atoms with van der Waals surface area (Å²) in [4.78, 5) is 26.9. The number of carbonyl (C=O) groups is 2. The predicted octanol–water partition coefficient (Wildman–Crippen LogP) is 2.19. The fourth-order valence-electron chi connectivity index (χ4n) is 3.85. The third kappa shape index (κ3) is 2.03. The molecule has 1 amide bonds. The fourth-order valence-corrected chi connectivity index (χ4v) is 3.97. The quantitative estimate of drug-likeness (QED) is 0.628. The molecule has 1 spiro atoms. The lowest BCUT2D eigenvalue weighted by Gasteiger charge is -2.22. The van der Waals surface area contributed by atoms with Gasteiger partial charge in [-0.2, -0.15) is 0 Å². The first-order chi connectivity index (χ1) is 11.1. The van der Waals surface area contributed by atoms with E-state index in [1.807, 2.05) is 12.2 Å². The number of rotatable bonds is 3. The predicted molar refractivity (Wildman–Crippen MR) is 84.2 cm³/mol. The van der Waals surface area contributed by atoms with Crippen molar-refractivity contribution in [1.29, 1.82) is 0 Å². The van der Waals surface area contributed by atoms with Crippen LogP contribution >= 0.6 is 11.6 Å². The second-order valence-electron chi connectivity index (χ2n) is 6.05. The largest absolute Gasteiger partial charge is 0.466 e.